The van der Waals surface area contributed by atoms with Gasteiger partial charge < -0.3 is 38.7 Å². The number of hydrogen-bond donors (Lipinski definition) is 0. The summed E-state index contributed by atoms with van der Waals surface area (Å²) < 4.78 is 19.5. The zero-order valence-corrected chi connectivity index (χ0v) is 75.1. The molecule has 0 N–H and O–H groups in total. The summed E-state index contributed by atoms with van der Waals surface area (Å²) in [6.45, 7) is 76.8. The topological polar surface area (TPSA) is 103 Å². The molecular weight excluding hydrogens is 1440 g/mol. The molecule has 2 heterocycles. The van der Waals surface area contributed by atoms with E-state index in [2.05, 4.69) is 288 Å². The van der Waals surface area contributed by atoms with Crippen molar-refractivity contribution in [2.75, 3.05) is 26.4 Å². The van der Waals surface area contributed by atoms with Crippen LogP contribution in [0.25, 0.3) is 29.2 Å². The minimum absolute atomic E-state index is 0. The smallest absolute Gasteiger partial charge is 0.699 e. The van der Waals surface area contributed by atoms with E-state index in [0.717, 1.165) is 26.4 Å². The summed E-state index contributed by atoms with van der Waals surface area (Å²) >= 11 is 0. The Kier molecular flexibility index (Phi) is 42.7. The van der Waals surface area contributed by atoms with Gasteiger partial charge in [0, 0.05) is 26.4 Å². The maximum absolute atomic E-state index is 5.40. The number of rotatable bonds is 20. The van der Waals surface area contributed by atoms with Crippen LogP contribution >= 0.6 is 0 Å². The Balaban J connectivity index is 0. The Hall–Kier alpha value is -0.0774. The first-order valence-corrected chi connectivity index (χ1v) is 52.9. The molecule has 0 bridgehead atoms. The van der Waals surface area contributed by atoms with Crippen molar-refractivity contribution >= 4 is 72.5 Å². The maximum atomic E-state index is 5.40. The first-order valence-electron chi connectivity index (χ1n) is 33.4. The fourth-order valence-electron chi connectivity index (χ4n) is 10.7. The standard InChI is InChI=1S/2C26H40N2Si.2C6H18NSi2.2C4H8O.2Nd/c2*1-17(2)21-13-11-14-22(18(3)4)25(21)27-29(9,10)28-26-23(19(5)6)15-12-16-24(26)20(7)8;2*1-8(2,3)7-9(4,5)6;2*1-2-4-5-3-1;;/h2*11-20H,1-10H3;2*1-6H3;2*1-4H2;;/q2*-2;2*-1;;;2*+3. The van der Waals surface area contributed by atoms with Crippen molar-refractivity contribution in [1.29, 1.82) is 0 Å². The summed E-state index contributed by atoms with van der Waals surface area (Å²) in [5.74, 6) is 3.60. The van der Waals surface area contributed by atoms with Gasteiger partial charge in [-0.25, -0.2) is 0 Å². The van der Waals surface area contributed by atoms with Crippen molar-refractivity contribution in [3.63, 3.8) is 0 Å². The molecule has 2 radical (unpaired) electrons. The van der Waals surface area contributed by atoms with Crippen LogP contribution in [0.1, 0.15) is 228 Å². The van der Waals surface area contributed by atoms with Crippen LogP contribution in [0.4, 0.5) is 22.7 Å². The molecule has 4 aromatic rings. The number of benzene rings is 4. The van der Waals surface area contributed by atoms with Crippen molar-refractivity contribution < 1.29 is 91.2 Å². The van der Waals surface area contributed by atoms with Crippen LogP contribution in [-0.4, -0.2) is 76.2 Å². The molecule has 494 valence electrons. The second-order valence-electron chi connectivity index (χ2n) is 31.4. The van der Waals surface area contributed by atoms with E-state index in [1.807, 2.05) is 0 Å². The van der Waals surface area contributed by atoms with Gasteiger partial charge in [-0.1, -0.05) is 340 Å². The molecule has 2 fully saturated rings. The molecular formula is C72H132N6Nd2O2Si6. The van der Waals surface area contributed by atoms with Gasteiger partial charge in [0.1, 0.15) is 0 Å². The Labute approximate surface area is 618 Å². The summed E-state index contributed by atoms with van der Waals surface area (Å²) in [5, 5.41) is 0. The van der Waals surface area contributed by atoms with E-state index in [4.69, 9.17) is 38.7 Å². The van der Waals surface area contributed by atoms with Crippen molar-refractivity contribution in [3.05, 3.63) is 147 Å². The number of nitrogens with zero attached hydrogens (tertiary/aromatic N) is 6. The molecule has 0 spiro atoms. The van der Waals surface area contributed by atoms with E-state index in [-0.39, 0.29) is 81.7 Å². The van der Waals surface area contributed by atoms with E-state index in [1.165, 1.54) is 92.9 Å². The maximum Gasteiger partial charge on any atom is 3.00 e. The van der Waals surface area contributed by atoms with Gasteiger partial charge in [0.15, 0.2) is 0 Å². The summed E-state index contributed by atoms with van der Waals surface area (Å²) in [5.41, 5.74) is 15.5. The van der Waals surface area contributed by atoms with E-state index in [0.29, 0.717) is 47.3 Å². The zero-order valence-electron chi connectivity index (χ0n) is 62.7. The van der Waals surface area contributed by atoms with Gasteiger partial charge in [-0.2, -0.15) is 0 Å². The molecule has 8 nitrogen and oxygen atoms in total. The second kappa shape index (κ2) is 41.8. The average molecular weight is 1570 g/mol. The predicted octanol–water partition coefficient (Wildman–Crippen LogP) is 26.8. The van der Waals surface area contributed by atoms with Gasteiger partial charge in [0.2, 0.25) is 0 Å². The van der Waals surface area contributed by atoms with Crippen LogP contribution in [0.3, 0.4) is 0 Å². The fraction of sp³-hybridized carbons (Fsp3) is 0.667. The third-order valence-corrected chi connectivity index (χ3v) is 27.7. The quantitative estimate of drug-likeness (QED) is 0.0823. The normalized spacial score (nSPS) is 13.7. The minimum atomic E-state index is -2.24. The van der Waals surface area contributed by atoms with E-state index >= 15 is 0 Å². The average Bonchev–Trinajstić information content (AvgIpc) is 4.13. The van der Waals surface area contributed by atoms with Crippen molar-refractivity contribution in [1.82, 2.24) is 0 Å². The fourth-order valence-corrected chi connectivity index (χ4v) is 30.2. The first-order chi connectivity index (χ1) is 39.3. The van der Waals surface area contributed by atoms with Crippen LogP contribution in [0.2, 0.25) is 105 Å². The van der Waals surface area contributed by atoms with Gasteiger partial charge in [-0.05, 0) is 73.0 Å². The SMILES string of the molecule is C1CCOC1.C1CCOC1.CC(C)c1cccc(C(C)C)c1[N-][Si](C)(C)[N-]c1c(C(C)C)cccc1C(C)C.CC(C)c1cccc(C(C)C)c1[N-][Si](C)(C)[N-]c1c(C(C)C)cccc1C(C)C.C[Si](C)(C)[N-][Si](C)(C)C.C[Si](C)(C)[N-][Si](C)(C)C.[Nd+3].[Nd+3]. The number of hydrogen-bond acceptors (Lipinski definition) is 2. The largest absolute Gasteiger partial charge is 3.00 e. The van der Waals surface area contributed by atoms with Crippen LogP contribution in [0.15, 0.2) is 72.8 Å². The van der Waals surface area contributed by atoms with Crippen LogP contribution in [0.5, 0.6) is 0 Å². The van der Waals surface area contributed by atoms with Gasteiger partial charge >= 0.3 is 81.7 Å². The summed E-state index contributed by atoms with van der Waals surface area (Å²) in [6, 6.07) is 26.6. The van der Waals surface area contributed by atoms with E-state index < -0.39 is 49.7 Å². The molecule has 4 aromatic carbocycles. The second-order valence-corrected chi connectivity index (χ2v) is 57.4. The molecule has 0 aliphatic carbocycles. The molecule has 0 unspecified atom stereocenters. The molecule has 6 rings (SSSR count). The monoisotopic (exact) mass is 1560 g/mol. The summed E-state index contributed by atoms with van der Waals surface area (Å²) in [6.07, 6.45) is 5.11. The molecule has 0 aromatic heterocycles. The van der Waals surface area contributed by atoms with E-state index in [9.17, 15) is 0 Å². The minimum Gasteiger partial charge on any atom is -0.699 e. The Morgan fingerprint density at radius 2 is 0.398 bits per heavy atom. The number of ether oxygens (including phenoxy) is 2. The van der Waals surface area contributed by atoms with E-state index in [1.54, 1.807) is 0 Å². The third-order valence-electron chi connectivity index (χ3n) is 13.9. The van der Waals surface area contributed by atoms with Crippen LogP contribution < -0.4 is 0 Å². The summed E-state index contributed by atoms with van der Waals surface area (Å²) in [7, 11) is -8.91. The Morgan fingerprint density at radius 1 is 0.261 bits per heavy atom. The Morgan fingerprint density at radius 3 is 0.477 bits per heavy atom. The molecule has 88 heavy (non-hydrogen) atoms. The molecule has 2 aliphatic heterocycles. The molecule has 16 heteroatoms. The van der Waals surface area contributed by atoms with Gasteiger partial charge in [-0.15, -0.1) is 65.7 Å². The van der Waals surface area contributed by atoms with Gasteiger partial charge in [0.25, 0.3) is 0 Å². The van der Waals surface area contributed by atoms with Crippen molar-refractivity contribution in [2.24, 2.45) is 0 Å². The van der Waals surface area contributed by atoms with Gasteiger partial charge in [-0.3, -0.25) is 0 Å². The molecule has 0 amide bonds. The zero-order chi connectivity index (χ0) is 66.3. The predicted molar refractivity (Wildman–Crippen MR) is 406 cm³/mol. The van der Waals surface area contributed by atoms with Crippen molar-refractivity contribution in [2.45, 2.75) is 289 Å². The molecule has 2 saturated heterocycles. The molecule has 0 atom stereocenters. The Bertz CT molecular complexity index is 2100. The summed E-state index contributed by atoms with van der Waals surface area (Å²) in [4.78, 5) is 21.6. The third kappa shape index (κ3) is 36.7. The van der Waals surface area contributed by atoms with Crippen molar-refractivity contribution in [3.8, 4) is 0 Å². The molecule has 2 aliphatic rings. The van der Waals surface area contributed by atoms with Crippen LogP contribution in [-0.2, 0) is 9.47 Å². The molecule has 0 saturated carbocycles. The van der Waals surface area contributed by atoms with Gasteiger partial charge in [0.05, 0.1) is 0 Å². The first kappa shape index (κ1) is 90.0. The van der Waals surface area contributed by atoms with Crippen LogP contribution in [0, 0.1) is 81.7 Å².